The van der Waals surface area contributed by atoms with Crippen LogP contribution in [0.2, 0.25) is 0 Å². The summed E-state index contributed by atoms with van der Waals surface area (Å²) in [5.74, 6) is 2.19. The Morgan fingerprint density at radius 1 is 1.16 bits per heavy atom. The number of benzene rings is 1. The number of nitrogens with zero attached hydrogens (tertiary/aromatic N) is 2. The highest BCUT2D eigenvalue weighted by Gasteiger charge is 2.38. The normalized spacial score (nSPS) is 30.7. The summed E-state index contributed by atoms with van der Waals surface area (Å²) in [5.41, 5.74) is 1.02. The van der Waals surface area contributed by atoms with E-state index in [0.29, 0.717) is 23.2 Å². The summed E-state index contributed by atoms with van der Waals surface area (Å²) in [6.45, 7) is 2.13. The highest BCUT2D eigenvalue weighted by Crippen LogP contribution is 2.37. The van der Waals surface area contributed by atoms with Gasteiger partial charge in [0.25, 0.3) is 0 Å². The number of amides is 2. The predicted molar refractivity (Wildman–Crippen MR) is 116 cm³/mol. The molecule has 0 bridgehead atoms. The van der Waals surface area contributed by atoms with Crippen molar-refractivity contribution in [3.63, 3.8) is 0 Å². The van der Waals surface area contributed by atoms with Crippen LogP contribution in [0.25, 0.3) is 0 Å². The first-order valence-corrected chi connectivity index (χ1v) is 12.6. The minimum absolute atomic E-state index is 0.0121. The van der Waals surface area contributed by atoms with Crippen molar-refractivity contribution in [2.75, 3.05) is 47.5 Å². The zero-order valence-electron chi connectivity index (χ0n) is 17.4. The summed E-state index contributed by atoms with van der Waals surface area (Å²) in [7, 11) is 0. The highest BCUT2D eigenvalue weighted by molar-refractivity contribution is 7.91. The molecule has 1 saturated carbocycles. The average molecular weight is 450 g/mol. The van der Waals surface area contributed by atoms with Crippen LogP contribution in [0.3, 0.4) is 0 Å². The Labute approximate surface area is 184 Å². The van der Waals surface area contributed by atoms with Gasteiger partial charge < -0.3 is 19.5 Å². The van der Waals surface area contributed by atoms with Crippen LogP contribution in [-0.2, 0) is 20.7 Å². The molecule has 1 N–H and O–H groups in total. The molecule has 168 valence electrons. The van der Waals surface area contributed by atoms with Crippen LogP contribution < -0.4 is 15.1 Å². The maximum Gasteiger partial charge on any atom is 0.414 e. The number of nitrogens with one attached hydrogen (secondary N) is 1. The average Bonchev–Trinajstić information content (AvgIpc) is 3.46. The highest BCUT2D eigenvalue weighted by atomic mass is 32.2. The predicted octanol–water partition coefficient (Wildman–Crippen LogP) is 2.27. The van der Waals surface area contributed by atoms with E-state index in [0.717, 1.165) is 50.3 Å². The summed E-state index contributed by atoms with van der Waals surface area (Å²) in [5, 5.41) is 2.83. The number of anilines is 2. The monoisotopic (exact) mass is 449 g/mol. The molecule has 4 aliphatic rings. The van der Waals surface area contributed by atoms with Crippen molar-refractivity contribution in [3.05, 3.63) is 24.0 Å². The van der Waals surface area contributed by atoms with Crippen molar-refractivity contribution >= 4 is 34.6 Å². The van der Waals surface area contributed by atoms with E-state index in [4.69, 9.17) is 4.74 Å². The Morgan fingerprint density at radius 2 is 1.87 bits per heavy atom. The van der Waals surface area contributed by atoms with E-state index in [9.17, 15) is 14.1 Å². The minimum Gasteiger partial charge on any atom is -0.616 e. The first-order chi connectivity index (χ1) is 15.0. The fourth-order valence-electron chi connectivity index (χ4n) is 4.92. The molecule has 5 rings (SSSR count). The van der Waals surface area contributed by atoms with E-state index in [1.54, 1.807) is 12.1 Å². The molecule has 1 aromatic carbocycles. The number of ether oxygens (including phenoxy) is 1. The summed E-state index contributed by atoms with van der Waals surface area (Å²) < 4.78 is 32.2. The van der Waals surface area contributed by atoms with Gasteiger partial charge in [0, 0.05) is 19.0 Å². The molecule has 3 atom stereocenters. The molecule has 9 heteroatoms. The van der Waals surface area contributed by atoms with Gasteiger partial charge in [0.05, 0.1) is 24.5 Å². The van der Waals surface area contributed by atoms with Crippen molar-refractivity contribution in [3.8, 4) is 0 Å². The van der Waals surface area contributed by atoms with E-state index in [1.165, 1.54) is 11.0 Å². The topological polar surface area (TPSA) is 84.9 Å². The lowest BCUT2D eigenvalue weighted by atomic mass is 9.92. The van der Waals surface area contributed by atoms with Gasteiger partial charge in [0.1, 0.15) is 23.4 Å². The van der Waals surface area contributed by atoms with Gasteiger partial charge in [-0.05, 0) is 55.7 Å². The van der Waals surface area contributed by atoms with E-state index in [2.05, 4.69) is 10.2 Å². The van der Waals surface area contributed by atoms with Crippen LogP contribution in [0.4, 0.5) is 20.6 Å². The first kappa shape index (κ1) is 20.9. The molecular formula is C22H28FN3O4S. The second-order valence-corrected chi connectivity index (χ2v) is 10.8. The van der Waals surface area contributed by atoms with Crippen molar-refractivity contribution in [1.29, 1.82) is 0 Å². The van der Waals surface area contributed by atoms with E-state index in [-0.39, 0.29) is 30.7 Å². The molecule has 31 heavy (non-hydrogen) atoms. The SMILES string of the molecule is O=C(NC[C@H]1CN(c2ccc(N3CC4CC[S+]([O-])CCC4C3)c(F)c2)C(=O)O1)C1CC1. The lowest BCUT2D eigenvalue weighted by Crippen LogP contribution is -2.35. The molecule has 3 saturated heterocycles. The maximum atomic E-state index is 15.0. The number of carbonyl (C=O) groups is 2. The fourth-order valence-corrected chi connectivity index (χ4v) is 6.26. The standard InChI is InChI=1S/C22H28FN3O4S/c23-19-9-17(26-13-18(30-22(26)28)10-24-21(27)14-1-2-14)3-4-20(19)25-11-15-5-7-31(29)8-6-16(15)12-25/h3-4,9,14-16,18H,1-2,5-8,10-13H2,(H,24,27)/t15?,16?,18-,31?/m0/s1. The molecule has 3 aliphatic heterocycles. The molecule has 3 heterocycles. The van der Waals surface area contributed by atoms with Crippen molar-refractivity contribution in [2.24, 2.45) is 17.8 Å². The molecule has 2 unspecified atom stereocenters. The Kier molecular flexibility index (Phi) is 5.73. The second-order valence-electron chi connectivity index (χ2n) is 9.12. The molecule has 2 amide bonds. The summed E-state index contributed by atoms with van der Waals surface area (Å²) in [6, 6.07) is 4.89. The van der Waals surface area contributed by atoms with Crippen LogP contribution >= 0.6 is 0 Å². The lowest BCUT2D eigenvalue weighted by molar-refractivity contribution is -0.122. The third-order valence-corrected chi connectivity index (χ3v) is 8.30. The molecule has 1 aromatic rings. The number of carbonyl (C=O) groups excluding carboxylic acids is 2. The van der Waals surface area contributed by atoms with E-state index >= 15 is 4.39 Å². The molecule has 7 nitrogen and oxygen atoms in total. The van der Waals surface area contributed by atoms with E-state index in [1.807, 2.05) is 0 Å². The number of halogens is 1. The smallest absolute Gasteiger partial charge is 0.414 e. The number of hydrogen-bond acceptors (Lipinski definition) is 5. The van der Waals surface area contributed by atoms with Gasteiger partial charge in [-0.25, -0.2) is 9.18 Å². The van der Waals surface area contributed by atoms with Gasteiger partial charge in [0.15, 0.2) is 0 Å². The Morgan fingerprint density at radius 3 is 2.52 bits per heavy atom. The van der Waals surface area contributed by atoms with Crippen LogP contribution in [0.1, 0.15) is 25.7 Å². The summed E-state index contributed by atoms with van der Waals surface area (Å²) >= 11 is -0.707. The van der Waals surface area contributed by atoms with Crippen LogP contribution in [0, 0.1) is 23.6 Å². The Balaban J connectivity index is 1.21. The third-order valence-electron chi connectivity index (χ3n) is 6.92. The number of rotatable bonds is 5. The van der Waals surface area contributed by atoms with Crippen molar-refractivity contribution in [2.45, 2.75) is 31.8 Å². The number of cyclic esters (lactones) is 1. The fraction of sp³-hybridized carbons (Fsp3) is 0.636. The van der Waals surface area contributed by atoms with Gasteiger partial charge >= 0.3 is 6.09 Å². The zero-order chi connectivity index (χ0) is 21.5. The van der Waals surface area contributed by atoms with Gasteiger partial charge in [0.2, 0.25) is 5.91 Å². The molecule has 0 spiro atoms. The van der Waals surface area contributed by atoms with Gasteiger partial charge in [-0.15, -0.1) is 0 Å². The minimum atomic E-state index is -0.707. The van der Waals surface area contributed by atoms with Crippen molar-refractivity contribution in [1.82, 2.24) is 5.32 Å². The first-order valence-electron chi connectivity index (χ1n) is 11.1. The zero-order valence-corrected chi connectivity index (χ0v) is 18.2. The van der Waals surface area contributed by atoms with Crippen LogP contribution in [-0.4, -0.2) is 60.3 Å². The third kappa shape index (κ3) is 4.48. The molecule has 0 aromatic heterocycles. The number of fused-ring (bicyclic) bond motifs is 1. The Bertz CT molecular complexity index is 851. The van der Waals surface area contributed by atoms with Gasteiger partial charge in [-0.1, -0.05) is 11.2 Å². The Hall–Kier alpha value is -2.00. The van der Waals surface area contributed by atoms with Gasteiger partial charge in [-0.2, -0.15) is 0 Å². The second kappa shape index (κ2) is 8.50. The van der Waals surface area contributed by atoms with Crippen molar-refractivity contribution < 1.29 is 23.3 Å². The molecule has 4 fully saturated rings. The van der Waals surface area contributed by atoms with Crippen LogP contribution in [0.15, 0.2) is 18.2 Å². The largest absolute Gasteiger partial charge is 0.616 e. The maximum absolute atomic E-state index is 15.0. The van der Waals surface area contributed by atoms with Gasteiger partial charge in [-0.3, -0.25) is 9.69 Å². The van der Waals surface area contributed by atoms with Crippen LogP contribution in [0.5, 0.6) is 0 Å². The quantitative estimate of drug-likeness (QED) is 0.697. The molecule has 0 radical (unpaired) electrons. The summed E-state index contributed by atoms with van der Waals surface area (Å²) in [6.07, 6.45) is 2.76. The molecule has 1 aliphatic carbocycles. The number of hydrogen-bond donors (Lipinski definition) is 1. The lowest BCUT2D eigenvalue weighted by Gasteiger charge is -2.22. The van der Waals surface area contributed by atoms with E-state index < -0.39 is 23.4 Å². The molecular weight excluding hydrogens is 421 g/mol. The summed E-state index contributed by atoms with van der Waals surface area (Å²) in [4.78, 5) is 27.6.